The predicted octanol–water partition coefficient (Wildman–Crippen LogP) is 2.28. The van der Waals surface area contributed by atoms with Crippen LogP contribution in [0.3, 0.4) is 0 Å². The topological polar surface area (TPSA) is 32.3 Å². The number of amides is 1. The summed E-state index contributed by atoms with van der Waals surface area (Å²) in [6.07, 6.45) is 10.4. The number of piperidine rings is 1. The van der Waals surface area contributed by atoms with Gasteiger partial charge in [-0.3, -0.25) is 4.79 Å². The van der Waals surface area contributed by atoms with Crippen molar-refractivity contribution in [1.29, 1.82) is 0 Å². The summed E-state index contributed by atoms with van der Waals surface area (Å²) in [4.78, 5) is 14.5. The lowest BCUT2D eigenvalue weighted by atomic mass is 9.86. The van der Waals surface area contributed by atoms with Gasteiger partial charge in [-0.15, -0.1) is 0 Å². The molecular formula is C16H24N2O. The Morgan fingerprint density at radius 2 is 1.95 bits per heavy atom. The molecule has 19 heavy (non-hydrogen) atoms. The van der Waals surface area contributed by atoms with Gasteiger partial charge < -0.3 is 10.2 Å². The Labute approximate surface area is 116 Å². The van der Waals surface area contributed by atoms with Crippen LogP contribution in [0.5, 0.6) is 0 Å². The Balaban J connectivity index is 2.24. The fraction of sp³-hybridized carbons (Fsp3) is 0.562. The lowest BCUT2D eigenvalue weighted by molar-refractivity contribution is -0.132. The summed E-state index contributed by atoms with van der Waals surface area (Å²) in [5, 5.41) is 3.37. The fourth-order valence-electron chi connectivity index (χ4n) is 2.84. The molecule has 0 spiro atoms. The maximum absolute atomic E-state index is 12.6. The molecule has 1 amide bonds. The summed E-state index contributed by atoms with van der Waals surface area (Å²) < 4.78 is 0. The SMILES string of the molecule is CCN(CC)C(=O)C1C=CC=CC1=C1CCNCC1. The van der Waals surface area contributed by atoms with E-state index in [-0.39, 0.29) is 11.8 Å². The molecular weight excluding hydrogens is 236 g/mol. The fourth-order valence-corrected chi connectivity index (χ4v) is 2.84. The van der Waals surface area contributed by atoms with Gasteiger partial charge in [0.05, 0.1) is 5.92 Å². The van der Waals surface area contributed by atoms with Crippen LogP contribution in [-0.4, -0.2) is 37.0 Å². The van der Waals surface area contributed by atoms with E-state index in [1.54, 1.807) is 0 Å². The zero-order valence-electron chi connectivity index (χ0n) is 12.0. The van der Waals surface area contributed by atoms with Crippen molar-refractivity contribution in [2.24, 2.45) is 5.92 Å². The Hall–Kier alpha value is -1.35. The maximum Gasteiger partial charge on any atom is 0.233 e. The molecule has 0 saturated carbocycles. The lowest BCUT2D eigenvalue weighted by Gasteiger charge is -2.28. The number of rotatable bonds is 3. The van der Waals surface area contributed by atoms with Gasteiger partial charge in [-0.05, 0) is 45.4 Å². The summed E-state index contributed by atoms with van der Waals surface area (Å²) in [6, 6.07) is 0. The molecule has 3 nitrogen and oxygen atoms in total. The molecule has 1 atom stereocenters. The van der Waals surface area contributed by atoms with Crippen LogP contribution in [-0.2, 0) is 4.79 Å². The third kappa shape index (κ3) is 3.16. The van der Waals surface area contributed by atoms with Gasteiger partial charge in [-0.1, -0.05) is 29.9 Å². The van der Waals surface area contributed by atoms with E-state index >= 15 is 0 Å². The van der Waals surface area contributed by atoms with E-state index in [1.165, 1.54) is 11.1 Å². The highest BCUT2D eigenvalue weighted by Gasteiger charge is 2.26. The molecule has 3 heteroatoms. The van der Waals surface area contributed by atoms with Crippen LogP contribution in [0.15, 0.2) is 35.5 Å². The highest BCUT2D eigenvalue weighted by atomic mass is 16.2. The number of nitrogens with zero attached hydrogens (tertiary/aromatic N) is 1. The second-order valence-electron chi connectivity index (χ2n) is 5.04. The molecule has 0 bridgehead atoms. The average molecular weight is 260 g/mol. The molecule has 0 aromatic heterocycles. The Bertz CT molecular complexity index is 408. The normalized spacial score (nSPS) is 22.7. The molecule has 2 rings (SSSR count). The largest absolute Gasteiger partial charge is 0.342 e. The van der Waals surface area contributed by atoms with Crippen molar-refractivity contribution >= 4 is 5.91 Å². The first kappa shape index (κ1) is 14.1. The van der Waals surface area contributed by atoms with Crippen LogP contribution in [0.2, 0.25) is 0 Å². The number of hydrogen-bond donors (Lipinski definition) is 1. The van der Waals surface area contributed by atoms with Crippen molar-refractivity contribution in [3.8, 4) is 0 Å². The Kier molecular flexibility index (Phi) is 4.97. The summed E-state index contributed by atoms with van der Waals surface area (Å²) in [6.45, 7) is 7.72. The summed E-state index contributed by atoms with van der Waals surface area (Å²) in [7, 11) is 0. The molecule has 1 unspecified atom stereocenters. The molecule has 2 aliphatic rings. The molecule has 1 aliphatic heterocycles. The highest BCUT2D eigenvalue weighted by molar-refractivity contribution is 5.85. The zero-order chi connectivity index (χ0) is 13.7. The van der Waals surface area contributed by atoms with E-state index in [0.29, 0.717) is 0 Å². The maximum atomic E-state index is 12.6. The summed E-state index contributed by atoms with van der Waals surface area (Å²) in [5.41, 5.74) is 2.69. The Morgan fingerprint density at radius 1 is 1.26 bits per heavy atom. The standard InChI is InChI=1S/C16H24N2O/c1-3-18(4-2)16(19)15-8-6-5-7-14(15)13-9-11-17-12-10-13/h5-8,15,17H,3-4,9-12H2,1-2H3. The van der Waals surface area contributed by atoms with Gasteiger partial charge in [0.2, 0.25) is 5.91 Å². The van der Waals surface area contributed by atoms with Crippen LogP contribution >= 0.6 is 0 Å². The van der Waals surface area contributed by atoms with E-state index < -0.39 is 0 Å². The first-order valence-electron chi connectivity index (χ1n) is 7.34. The van der Waals surface area contributed by atoms with Gasteiger partial charge >= 0.3 is 0 Å². The molecule has 0 aromatic carbocycles. The second kappa shape index (κ2) is 6.71. The first-order chi connectivity index (χ1) is 9.27. The third-order valence-corrected chi connectivity index (χ3v) is 3.98. The van der Waals surface area contributed by atoms with Crippen molar-refractivity contribution in [1.82, 2.24) is 10.2 Å². The molecule has 0 radical (unpaired) electrons. The van der Waals surface area contributed by atoms with Gasteiger partial charge in [0.15, 0.2) is 0 Å². The van der Waals surface area contributed by atoms with Crippen molar-refractivity contribution < 1.29 is 4.79 Å². The zero-order valence-corrected chi connectivity index (χ0v) is 12.0. The van der Waals surface area contributed by atoms with Crippen LogP contribution in [0.25, 0.3) is 0 Å². The minimum absolute atomic E-state index is 0.0713. The predicted molar refractivity (Wildman–Crippen MR) is 78.8 cm³/mol. The molecule has 1 N–H and O–H groups in total. The number of carbonyl (C=O) groups is 1. The van der Waals surface area contributed by atoms with Crippen molar-refractivity contribution in [3.63, 3.8) is 0 Å². The quantitative estimate of drug-likeness (QED) is 0.844. The van der Waals surface area contributed by atoms with E-state index in [0.717, 1.165) is 39.0 Å². The van der Waals surface area contributed by atoms with E-state index in [9.17, 15) is 4.79 Å². The minimum Gasteiger partial charge on any atom is -0.342 e. The van der Waals surface area contributed by atoms with Crippen molar-refractivity contribution in [2.75, 3.05) is 26.2 Å². The van der Waals surface area contributed by atoms with Crippen molar-refractivity contribution in [3.05, 3.63) is 35.5 Å². The van der Waals surface area contributed by atoms with Gasteiger partial charge in [-0.2, -0.15) is 0 Å². The lowest BCUT2D eigenvalue weighted by Crippen LogP contribution is -2.37. The van der Waals surface area contributed by atoms with Crippen LogP contribution in [0.4, 0.5) is 0 Å². The molecule has 1 heterocycles. The monoisotopic (exact) mass is 260 g/mol. The first-order valence-corrected chi connectivity index (χ1v) is 7.34. The molecule has 1 saturated heterocycles. The summed E-state index contributed by atoms with van der Waals surface area (Å²) >= 11 is 0. The third-order valence-electron chi connectivity index (χ3n) is 3.98. The van der Waals surface area contributed by atoms with Gasteiger partial charge in [0, 0.05) is 13.1 Å². The smallest absolute Gasteiger partial charge is 0.233 e. The van der Waals surface area contributed by atoms with Gasteiger partial charge in [-0.25, -0.2) is 0 Å². The highest BCUT2D eigenvalue weighted by Crippen LogP contribution is 2.28. The van der Waals surface area contributed by atoms with Gasteiger partial charge in [0.25, 0.3) is 0 Å². The van der Waals surface area contributed by atoms with E-state index in [4.69, 9.17) is 0 Å². The second-order valence-corrected chi connectivity index (χ2v) is 5.04. The van der Waals surface area contributed by atoms with Crippen molar-refractivity contribution in [2.45, 2.75) is 26.7 Å². The Morgan fingerprint density at radius 3 is 2.58 bits per heavy atom. The van der Waals surface area contributed by atoms with Crippen LogP contribution < -0.4 is 5.32 Å². The molecule has 1 fully saturated rings. The van der Waals surface area contributed by atoms with Gasteiger partial charge in [0.1, 0.15) is 0 Å². The molecule has 0 aromatic rings. The number of nitrogens with one attached hydrogen (secondary N) is 1. The molecule has 1 aliphatic carbocycles. The van der Waals surface area contributed by atoms with E-state index in [1.807, 2.05) is 30.9 Å². The molecule has 104 valence electrons. The number of hydrogen-bond acceptors (Lipinski definition) is 2. The van der Waals surface area contributed by atoms with E-state index in [2.05, 4.69) is 17.5 Å². The minimum atomic E-state index is -0.0713. The van der Waals surface area contributed by atoms with Crippen LogP contribution in [0, 0.1) is 5.92 Å². The van der Waals surface area contributed by atoms with Crippen LogP contribution in [0.1, 0.15) is 26.7 Å². The average Bonchev–Trinajstić information content (AvgIpc) is 2.49. The number of allylic oxidation sites excluding steroid dienone is 3. The number of carbonyl (C=O) groups excluding carboxylic acids is 1. The summed E-state index contributed by atoms with van der Waals surface area (Å²) in [5.74, 6) is 0.171.